The fourth-order valence-corrected chi connectivity index (χ4v) is 2.40. The smallest absolute Gasteiger partial charge is 0.234 e. The Kier molecular flexibility index (Phi) is 5.25. The Morgan fingerprint density at radius 1 is 1.48 bits per heavy atom. The molecule has 7 heteroatoms. The van der Waals surface area contributed by atoms with Gasteiger partial charge in [-0.1, -0.05) is 43.3 Å². The summed E-state index contributed by atoms with van der Waals surface area (Å²) in [5, 5.41) is 11.0. The molecule has 2 rings (SSSR count). The van der Waals surface area contributed by atoms with Crippen molar-refractivity contribution in [1.29, 1.82) is 0 Å². The van der Waals surface area contributed by atoms with E-state index in [-0.39, 0.29) is 17.6 Å². The van der Waals surface area contributed by atoms with Gasteiger partial charge in [-0.25, -0.2) is 4.98 Å². The summed E-state index contributed by atoms with van der Waals surface area (Å²) in [6.07, 6.45) is 0. The van der Waals surface area contributed by atoms with Crippen LogP contribution in [-0.4, -0.2) is 26.8 Å². The van der Waals surface area contributed by atoms with Crippen molar-refractivity contribution in [2.45, 2.75) is 31.8 Å². The molecule has 1 aromatic heterocycles. The second-order valence-electron chi connectivity index (χ2n) is 4.95. The molecule has 21 heavy (non-hydrogen) atoms. The van der Waals surface area contributed by atoms with E-state index in [1.54, 1.807) is 12.1 Å². The molecular formula is C14H17ClN4OS. The number of H-pyrrole nitrogens is 1. The van der Waals surface area contributed by atoms with Crippen LogP contribution >= 0.6 is 23.4 Å². The van der Waals surface area contributed by atoms with Crippen molar-refractivity contribution in [3.8, 4) is 0 Å². The van der Waals surface area contributed by atoms with E-state index >= 15 is 0 Å². The molecule has 2 aromatic rings. The molecule has 0 saturated heterocycles. The maximum atomic E-state index is 11.9. The molecule has 0 spiro atoms. The molecule has 1 amide bonds. The van der Waals surface area contributed by atoms with Crippen molar-refractivity contribution in [2.24, 2.45) is 0 Å². The largest absolute Gasteiger partial charge is 0.325 e. The highest BCUT2D eigenvalue weighted by Crippen LogP contribution is 2.21. The van der Waals surface area contributed by atoms with Crippen LogP contribution in [0.2, 0.25) is 5.02 Å². The van der Waals surface area contributed by atoms with Crippen LogP contribution in [0.25, 0.3) is 0 Å². The van der Waals surface area contributed by atoms with Gasteiger partial charge in [0.1, 0.15) is 5.82 Å². The van der Waals surface area contributed by atoms with Gasteiger partial charge in [0, 0.05) is 16.6 Å². The average Bonchev–Trinajstić information content (AvgIpc) is 2.90. The number of carbonyl (C=O) groups excluding carboxylic acids is 1. The topological polar surface area (TPSA) is 70.7 Å². The van der Waals surface area contributed by atoms with Crippen molar-refractivity contribution in [3.05, 3.63) is 34.6 Å². The molecule has 0 radical (unpaired) electrons. The number of hydrogen-bond donors (Lipinski definition) is 2. The minimum atomic E-state index is -0.110. The van der Waals surface area contributed by atoms with Crippen LogP contribution in [-0.2, 0) is 4.79 Å². The number of nitrogens with zero attached hydrogens (tertiary/aromatic N) is 2. The lowest BCUT2D eigenvalue weighted by atomic mass is 10.2. The van der Waals surface area contributed by atoms with Crippen molar-refractivity contribution in [1.82, 2.24) is 15.2 Å². The highest BCUT2D eigenvalue weighted by molar-refractivity contribution is 7.99. The summed E-state index contributed by atoms with van der Waals surface area (Å²) in [7, 11) is 0. The molecule has 112 valence electrons. The number of amides is 1. The normalized spacial score (nSPS) is 10.9. The van der Waals surface area contributed by atoms with E-state index < -0.39 is 0 Å². The van der Waals surface area contributed by atoms with Crippen LogP contribution in [0.15, 0.2) is 23.4 Å². The highest BCUT2D eigenvalue weighted by atomic mass is 35.5. The van der Waals surface area contributed by atoms with E-state index in [9.17, 15) is 4.79 Å². The summed E-state index contributed by atoms with van der Waals surface area (Å²) < 4.78 is 0. The van der Waals surface area contributed by atoms with Crippen molar-refractivity contribution < 1.29 is 4.79 Å². The van der Waals surface area contributed by atoms with Crippen LogP contribution in [0.1, 0.15) is 31.2 Å². The van der Waals surface area contributed by atoms with Gasteiger partial charge in [0.05, 0.1) is 5.75 Å². The van der Waals surface area contributed by atoms with E-state index in [0.29, 0.717) is 10.2 Å². The van der Waals surface area contributed by atoms with Gasteiger partial charge in [0.2, 0.25) is 11.1 Å². The molecule has 0 bridgehead atoms. The number of halogens is 1. The number of nitrogens with one attached hydrogen (secondary N) is 2. The third-order valence-corrected chi connectivity index (χ3v) is 3.92. The Labute approximate surface area is 132 Å². The lowest BCUT2D eigenvalue weighted by Gasteiger charge is -2.07. The van der Waals surface area contributed by atoms with Gasteiger partial charge in [-0.15, -0.1) is 5.10 Å². The maximum Gasteiger partial charge on any atom is 0.234 e. The fraction of sp³-hybridized carbons (Fsp3) is 0.357. The lowest BCUT2D eigenvalue weighted by Crippen LogP contribution is -2.14. The summed E-state index contributed by atoms with van der Waals surface area (Å²) in [6.45, 7) is 5.98. The number of aromatic nitrogens is 3. The van der Waals surface area contributed by atoms with Crippen LogP contribution < -0.4 is 5.32 Å². The Morgan fingerprint density at radius 3 is 2.90 bits per heavy atom. The third kappa shape index (κ3) is 4.47. The van der Waals surface area contributed by atoms with Crippen LogP contribution in [0.5, 0.6) is 0 Å². The third-order valence-electron chi connectivity index (χ3n) is 2.84. The Bertz CT molecular complexity index is 642. The molecule has 1 aromatic carbocycles. The maximum absolute atomic E-state index is 11.9. The van der Waals surface area contributed by atoms with Gasteiger partial charge in [-0.2, -0.15) is 0 Å². The Hall–Kier alpha value is -1.53. The molecule has 5 nitrogen and oxygen atoms in total. The first-order valence-corrected chi connectivity index (χ1v) is 7.93. The highest BCUT2D eigenvalue weighted by Gasteiger charge is 2.10. The predicted molar refractivity (Wildman–Crippen MR) is 86.0 cm³/mol. The molecule has 0 saturated carbocycles. The van der Waals surface area contributed by atoms with E-state index in [1.807, 2.05) is 26.8 Å². The Morgan fingerprint density at radius 2 is 2.24 bits per heavy atom. The van der Waals surface area contributed by atoms with Crippen LogP contribution in [0, 0.1) is 6.92 Å². The first-order valence-electron chi connectivity index (χ1n) is 6.57. The number of thioether (sulfide) groups is 1. The van der Waals surface area contributed by atoms with Crippen molar-refractivity contribution in [3.63, 3.8) is 0 Å². The molecule has 0 aliphatic carbocycles. The first-order chi connectivity index (χ1) is 9.95. The standard InChI is InChI=1S/C14H17ClN4OS/c1-8(2)13-17-14(19-18-13)21-7-12(20)16-11-6-10(15)5-4-9(11)3/h4-6,8H,7H2,1-3H3,(H,16,20)(H,17,18,19). The number of aromatic amines is 1. The molecular weight excluding hydrogens is 308 g/mol. The molecule has 0 aliphatic rings. The molecule has 1 heterocycles. The second-order valence-corrected chi connectivity index (χ2v) is 6.33. The monoisotopic (exact) mass is 324 g/mol. The number of carbonyl (C=O) groups is 1. The lowest BCUT2D eigenvalue weighted by molar-refractivity contribution is -0.113. The van der Waals surface area contributed by atoms with Crippen LogP contribution in [0.4, 0.5) is 5.69 Å². The zero-order chi connectivity index (χ0) is 15.4. The van der Waals surface area contributed by atoms with Crippen molar-refractivity contribution in [2.75, 3.05) is 11.1 Å². The minimum Gasteiger partial charge on any atom is -0.325 e. The zero-order valence-electron chi connectivity index (χ0n) is 12.1. The SMILES string of the molecule is Cc1ccc(Cl)cc1NC(=O)CSc1n[nH]c(C(C)C)n1. The number of anilines is 1. The van der Waals surface area contributed by atoms with Crippen molar-refractivity contribution >= 4 is 35.0 Å². The van der Waals surface area contributed by atoms with Gasteiger partial charge in [-0.3, -0.25) is 9.89 Å². The summed E-state index contributed by atoms with van der Waals surface area (Å²) >= 11 is 7.22. The summed E-state index contributed by atoms with van der Waals surface area (Å²) in [5.41, 5.74) is 1.70. The quantitative estimate of drug-likeness (QED) is 0.824. The Balaban J connectivity index is 1.91. The number of aryl methyl sites for hydroxylation is 1. The predicted octanol–water partition coefficient (Wildman–Crippen LogP) is 3.62. The molecule has 0 fully saturated rings. The summed E-state index contributed by atoms with van der Waals surface area (Å²) in [6, 6.07) is 5.40. The number of hydrogen-bond acceptors (Lipinski definition) is 4. The zero-order valence-corrected chi connectivity index (χ0v) is 13.7. The van der Waals surface area contributed by atoms with E-state index in [0.717, 1.165) is 17.1 Å². The van der Waals surface area contributed by atoms with Gasteiger partial charge >= 0.3 is 0 Å². The number of rotatable bonds is 5. The molecule has 2 N–H and O–H groups in total. The van der Waals surface area contributed by atoms with E-state index in [4.69, 9.17) is 11.6 Å². The second kappa shape index (κ2) is 6.95. The summed E-state index contributed by atoms with van der Waals surface area (Å²) in [4.78, 5) is 16.3. The minimum absolute atomic E-state index is 0.110. The average molecular weight is 325 g/mol. The molecule has 0 unspecified atom stereocenters. The summed E-state index contributed by atoms with van der Waals surface area (Å²) in [5.74, 6) is 1.25. The first kappa shape index (κ1) is 15.9. The van der Waals surface area contributed by atoms with Gasteiger partial charge in [-0.05, 0) is 24.6 Å². The van der Waals surface area contributed by atoms with Gasteiger partial charge < -0.3 is 5.32 Å². The fourth-order valence-electron chi connectivity index (χ4n) is 1.63. The molecule has 0 aliphatic heterocycles. The number of benzene rings is 1. The molecule has 0 atom stereocenters. The van der Waals surface area contributed by atoms with Crippen LogP contribution in [0.3, 0.4) is 0 Å². The van der Waals surface area contributed by atoms with Gasteiger partial charge in [0.25, 0.3) is 0 Å². The van der Waals surface area contributed by atoms with E-state index in [1.165, 1.54) is 11.8 Å². The van der Waals surface area contributed by atoms with E-state index in [2.05, 4.69) is 20.5 Å². The van der Waals surface area contributed by atoms with Gasteiger partial charge in [0.15, 0.2) is 0 Å².